The van der Waals surface area contributed by atoms with Gasteiger partial charge in [0, 0.05) is 12.6 Å². The van der Waals surface area contributed by atoms with Crippen molar-refractivity contribution < 1.29 is 4.74 Å². The fourth-order valence-corrected chi connectivity index (χ4v) is 4.79. The largest absolute Gasteiger partial charge is 0.381 e. The Hall–Kier alpha value is -0.860. The van der Waals surface area contributed by atoms with Crippen molar-refractivity contribution in [1.82, 2.24) is 5.32 Å². The van der Waals surface area contributed by atoms with Gasteiger partial charge in [-0.25, -0.2) is 0 Å². The zero-order valence-corrected chi connectivity index (χ0v) is 17.7. The summed E-state index contributed by atoms with van der Waals surface area (Å²) in [6, 6.07) is 0.645. The van der Waals surface area contributed by atoms with E-state index < -0.39 is 0 Å². The van der Waals surface area contributed by atoms with E-state index in [0.717, 1.165) is 38.5 Å². The molecule has 0 aromatic carbocycles. The molecule has 0 spiro atoms. The quantitative estimate of drug-likeness (QED) is 0.521. The number of hydrogen-bond acceptors (Lipinski definition) is 2. The van der Waals surface area contributed by atoms with E-state index in [1.165, 1.54) is 49.7 Å². The van der Waals surface area contributed by atoms with Crippen molar-refractivity contribution in [2.24, 2.45) is 11.3 Å². The van der Waals surface area contributed by atoms with Crippen molar-refractivity contribution >= 4 is 0 Å². The first-order valence-corrected chi connectivity index (χ1v) is 11.0. The minimum Gasteiger partial charge on any atom is -0.381 e. The summed E-state index contributed by atoms with van der Waals surface area (Å²) in [5.74, 6) is 0.879. The third-order valence-electron chi connectivity index (χ3n) is 6.81. The van der Waals surface area contributed by atoms with Crippen molar-refractivity contribution in [2.75, 3.05) is 19.8 Å². The zero-order chi connectivity index (χ0) is 18.8. The van der Waals surface area contributed by atoms with E-state index in [9.17, 15) is 0 Å². The van der Waals surface area contributed by atoms with Crippen LogP contribution in [0.5, 0.6) is 0 Å². The monoisotopic (exact) mass is 359 g/mol. The van der Waals surface area contributed by atoms with Gasteiger partial charge in [0.1, 0.15) is 0 Å². The van der Waals surface area contributed by atoms with Gasteiger partial charge in [-0.05, 0) is 61.5 Å². The predicted octanol–water partition coefficient (Wildman–Crippen LogP) is 6.20. The van der Waals surface area contributed by atoms with Crippen LogP contribution in [0, 0.1) is 11.3 Å². The van der Waals surface area contributed by atoms with Crippen LogP contribution < -0.4 is 5.32 Å². The van der Waals surface area contributed by atoms with Gasteiger partial charge in [0.05, 0.1) is 13.2 Å². The van der Waals surface area contributed by atoms with Gasteiger partial charge in [0.25, 0.3) is 0 Å². The van der Waals surface area contributed by atoms with Gasteiger partial charge in [-0.2, -0.15) is 0 Å². The Labute approximate surface area is 162 Å². The second kappa shape index (κ2) is 11.1. The Morgan fingerprint density at radius 2 is 2.15 bits per heavy atom. The molecule has 0 aromatic heterocycles. The fourth-order valence-electron chi connectivity index (χ4n) is 4.79. The molecule has 2 rings (SSSR count). The summed E-state index contributed by atoms with van der Waals surface area (Å²) in [6.07, 6.45) is 19.4. The lowest BCUT2D eigenvalue weighted by Crippen LogP contribution is -2.50. The third kappa shape index (κ3) is 5.82. The molecule has 0 saturated heterocycles. The molecule has 1 fully saturated rings. The van der Waals surface area contributed by atoms with Crippen LogP contribution in [0.25, 0.3) is 0 Å². The van der Waals surface area contributed by atoms with E-state index in [-0.39, 0.29) is 0 Å². The minimum atomic E-state index is 0.442. The molecule has 0 amide bonds. The smallest absolute Gasteiger partial charge is 0.0506 e. The SMILES string of the molecule is C/C=C(\C=C/C1=CCCOCC1)CNC1CCCC(CCC)[C@]1(C)CC. The molecule has 2 nitrogen and oxygen atoms in total. The van der Waals surface area contributed by atoms with Gasteiger partial charge in [0.15, 0.2) is 0 Å². The summed E-state index contributed by atoms with van der Waals surface area (Å²) in [4.78, 5) is 0. The molecule has 1 aliphatic heterocycles. The normalized spacial score (nSPS) is 31.1. The Bertz CT molecular complexity index is 502. The first-order chi connectivity index (χ1) is 12.6. The number of nitrogens with one attached hydrogen (secondary N) is 1. The molecule has 26 heavy (non-hydrogen) atoms. The van der Waals surface area contributed by atoms with Gasteiger partial charge in [0.2, 0.25) is 0 Å². The highest BCUT2D eigenvalue weighted by Gasteiger charge is 2.41. The number of hydrogen-bond donors (Lipinski definition) is 1. The van der Waals surface area contributed by atoms with Gasteiger partial charge in [-0.15, -0.1) is 0 Å². The lowest BCUT2D eigenvalue weighted by atomic mass is 9.61. The Morgan fingerprint density at radius 3 is 2.88 bits per heavy atom. The molecular formula is C24H41NO. The Morgan fingerprint density at radius 1 is 1.31 bits per heavy atom. The molecule has 2 heteroatoms. The minimum absolute atomic E-state index is 0.442. The molecule has 0 bridgehead atoms. The Balaban J connectivity index is 1.94. The summed E-state index contributed by atoms with van der Waals surface area (Å²) in [7, 11) is 0. The van der Waals surface area contributed by atoms with E-state index in [0.29, 0.717) is 11.5 Å². The predicted molar refractivity (Wildman–Crippen MR) is 113 cm³/mol. The molecular weight excluding hydrogens is 318 g/mol. The maximum Gasteiger partial charge on any atom is 0.0506 e. The summed E-state index contributed by atoms with van der Waals surface area (Å²) < 4.78 is 5.54. The maximum atomic E-state index is 5.54. The number of ether oxygens (including phenoxy) is 1. The van der Waals surface area contributed by atoms with Crippen LogP contribution in [0.4, 0.5) is 0 Å². The van der Waals surface area contributed by atoms with Crippen LogP contribution in [0.2, 0.25) is 0 Å². The van der Waals surface area contributed by atoms with Crippen LogP contribution in [-0.2, 0) is 4.74 Å². The number of rotatable bonds is 8. The van der Waals surface area contributed by atoms with E-state index in [2.05, 4.69) is 57.3 Å². The molecule has 1 saturated carbocycles. The lowest BCUT2D eigenvalue weighted by molar-refractivity contribution is 0.0576. The summed E-state index contributed by atoms with van der Waals surface area (Å²) >= 11 is 0. The van der Waals surface area contributed by atoms with Gasteiger partial charge >= 0.3 is 0 Å². The molecule has 1 aliphatic carbocycles. The highest BCUT2D eigenvalue weighted by Crippen LogP contribution is 2.45. The molecule has 2 aliphatic rings. The van der Waals surface area contributed by atoms with Crippen molar-refractivity contribution in [1.29, 1.82) is 0 Å². The van der Waals surface area contributed by atoms with Crippen molar-refractivity contribution in [3.63, 3.8) is 0 Å². The first-order valence-electron chi connectivity index (χ1n) is 11.0. The molecule has 2 unspecified atom stereocenters. The first kappa shape index (κ1) is 21.4. The highest BCUT2D eigenvalue weighted by molar-refractivity contribution is 5.29. The van der Waals surface area contributed by atoms with Crippen molar-refractivity contribution in [3.05, 3.63) is 35.5 Å². The second-order valence-corrected chi connectivity index (χ2v) is 8.34. The van der Waals surface area contributed by atoms with E-state index >= 15 is 0 Å². The standard InChI is InChI=1S/C24H41NO/c1-5-10-22-12-8-13-23(24(22,4)7-3)25-19-20(6-2)14-15-21-11-9-17-26-18-16-21/h6,11,14-15,22-23,25H,5,7-10,12-13,16-19H2,1-4H3/b15-14-,20-6+/t22?,23?,24-/m0/s1. The van der Waals surface area contributed by atoms with Gasteiger partial charge in [-0.1, -0.05) is 64.3 Å². The zero-order valence-electron chi connectivity index (χ0n) is 17.7. The highest BCUT2D eigenvalue weighted by atomic mass is 16.5. The van der Waals surface area contributed by atoms with Crippen molar-refractivity contribution in [2.45, 2.75) is 85.1 Å². The van der Waals surface area contributed by atoms with E-state index in [4.69, 9.17) is 4.74 Å². The van der Waals surface area contributed by atoms with Crippen LogP contribution in [0.3, 0.4) is 0 Å². The topological polar surface area (TPSA) is 21.3 Å². The summed E-state index contributed by atoms with van der Waals surface area (Å²) in [5.41, 5.74) is 3.26. The lowest BCUT2D eigenvalue weighted by Gasteiger charge is -2.48. The Kier molecular flexibility index (Phi) is 9.15. The molecule has 3 atom stereocenters. The van der Waals surface area contributed by atoms with E-state index in [1.807, 2.05) is 0 Å². The van der Waals surface area contributed by atoms with E-state index in [1.54, 1.807) is 0 Å². The number of allylic oxidation sites excluding steroid dienone is 2. The van der Waals surface area contributed by atoms with Crippen LogP contribution in [-0.4, -0.2) is 25.8 Å². The molecule has 1 heterocycles. The van der Waals surface area contributed by atoms with Crippen LogP contribution in [0.1, 0.15) is 79.1 Å². The third-order valence-corrected chi connectivity index (χ3v) is 6.81. The maximum absolute atomic E-state index is 5.54. The molecule has 148 valence electrons. The fraction of sp³-hybridized carbons (Fsp3) is 0.750. The van der Waals surface area contributed by atoms with Crippen LogP contribution in [0.15, 0.2) is 35.5 Å². The van der Waals surface area contributed by atoms with Crippen LogP contribution >= 0.6 is 0 Å². The van der Waals surface area contributed by atoms with Crippen molar-refractivity contribution in [3.8, 4) is 0 Å². The van der Waals surface area contributed by atoms with Gasteiger partial charge in [-0.3, -0.25) is 0 Å². The molecule has 0 radical (unpaired) electrons. The summed E-state index contributed by atoms with van der Waals surface area (Å²) in [5, 5.41) is 3.94. The summed E-state index contributed by atoms with van der Waals surface area (Å²) in [6.45, 7) is 12.1. The second-order valence-electron chi connectivity index (χ2n) is 8.34. The average molecular weight is 360 g/mol. The molecule has 1 N–H and O–H groups in total. The average Bonchev–Trinajstić information content (AvgIpc) is 2.93. The van der Waals surface area contributed by atoms with Gasteiger partial charge < -0.3 is 10.1 Å². The molecule has 0 aromatic rings.